The van der Waals surface area contributed by atoms with Crippen LogP contribution in [0.25, 0.3) is 0 Å². The zero-order valence-corrected chi connectivity index (χ0v) is 14.2. The van der Waals surface area contributed by atoms with E-state index in [1.165, 1.54) is 12.1 Å². The van der Waals surface area contributed by atoms with Crippen LogP contribution in [-0.2, 0) is 21.1 Å². The van der Waals surface area contributed by atoms with Gasteiger partial charge >= 0.3 is 0 Å². The molecule has 1 aromatic carbocycles. The van der Waals surface area contributed by atoms with Gasteiger partial charge in [0, 0.05) is 37.9 Å². The number of methoxy groups -OCH3 is 1. The first-order valence-electron chi connectivity index (χ1n) is 7.28. The predicted octanol–water partition coefficient (Wildman–Crippen LogP) is 2.50. The highest BCUT2D eigenvalue weighted by molar-refractivity contribution is 7.91. The lowest BCUT2D eigenvalue weighted by molar-refractivity contribution is 0.150. The molecule has 0 radical (unpaired) electrons. The number of ether oxygens (including phenoxy) is 1. The summed E-state index contributed by atoms with van der Waals surface area (Å²) in [5.74, 6) is 0.0390. The van der Waals surface area contributed by atoms with E-state index in [4.69, 9.17) is 16.3 Å². The third-order valence-electron chi connectivity index (χ3n) is 3.91. The maximum Gasteiger partial charge on any atom is 0.151 e. The number of halogens is 2. The Morgan fingerprint density at radius 1 is 1.45 bits per heavy atom. The molecule has 0 N–H and O–H groups in total. The lowest BCUT2D eigenvalue weighted by Crippen LogP contribution is -2.37. The van der Waals surface area contributed by atoms with E-state index in [0.717, 1.165) is 18.5 Å². The van der Waals surface area contributed by atoms with Gasteiger partial charge in [-0.2, -0.15) is 0 Å². The van der Waals surface area contributed by atoms with E-state index in [0.29, 0.717) is 24.6 Å². The molecule has 1 aromatic rings. The van der Waals surface area contributed by atoms with Crippen LogP contribution in [0.15, 0.2) is 18.2 Å². The number of rotatable bonds is 7. The lowest BCUT2D eigenvalue weighted by Gasteiger charge is -2.28. The maximum atomic E-state index is 13.1. The largest absolute Gasteiger partial charge is 0.385 e. The minimum Gasteiger partial charge on any atom is -0.385 e. The van der Waals surface area contributed by atoms with Gasteiger partial charge in [0.05, 0.1) is 11.5 Å². The van der Waals surface area contributed by atoms with Crippen LogP contribution in [0.2, 0.25) is 5.02 Å². The van der Waals surface area contributed by atoms with Gasteiger partial charge in [0.15, 0.2) is 9.84 Å². The summed E-state index contributed by atoms with van der Waals surface area (Å²) in [6.45, 7) is 1.86. The Balaban J connectivity index is 2.10. The highest BCUT2D eigenvalue weighted by Gasteiger charge is 2.32. The van der Waals surface area contributed by atoms with E-state index >= 15 is 0 Å². The van der Waals surface area contributed by atoms with Crippen molar-refractivity contribution >= 4 is 21.4 Å². The Hall–Kier alpha value is -0.690. The van der Waals surface area contributed by atoms with E-state index < -0.39 is 9.84 Å². The van der Waals surface area contributed by atoms with Crippen LogP contribution in [0.4, 0.5) is 4.39 Å². The average molecular weight is 350 g/mol. The molecule has 22 heavy (non-hydrogen) atoms. The van der Waals surface area contributed by atoms with E-state index in [1.807, 2.05) is 0 Å². The van der Waals surface area contributed by atoms with Crippen molar-refractivity contribution in [2.24, 2.45) is 0 Å². The zero-order valence-electron chi connectivity index (χ0n) is 12.6. The van der Waals surface area contributed by atoms with Crippen LogP contribution >= 0.6 is 11.6 Å². The Morgan fingerprint density at radius 2 is 2.23 bits per heavy atom. The molecule has 1 heterocycles. The van der Waals surface area contributed by atoms with Crippen molar-refractivity contribution in [1.29, 1.82) is 0 Å². The summed E-state index contributed by atoms with van der Waals surface area (Å²) < 4.78 is 41.6. The molecule has 1 aliphatic rings. The fourth-order valence-corrected chi connectivity index (χ4v) is 4.72. The van der Waals surface area contributed by atoms with Crippen molar-refractivity contribution in [3.63, 3.8) is 0 Å². The molecule has 1 atom stereocenters. The molecule has 0 unspecified atom stereocenters. The van der Waals surface area contributed by atoms with Crippen molar-refractivity contribution in [2.45, 2.75) is 25.4 Å². The third kappa shape index (κ3) is 4.91. The standard InChI is InChI=1S/C15H21ClFNO3S/c1-21-7-2-6-18(14-5-8-22(19,20)11-14)10-12-3-4-13(17)9-15(12)16/h3-4,9,14H,2,5-8,10-11H2,1H3/t14-/m1/s1. The van der Waals surface area contributed by atoms with Crippen molar-refractivity contribution in [3.8, 4) is 0 Å². The summed E-state index contributed by atoms with van der Waals surface area (Å²) >= 11 is 6.09. The van der Waals surface area contributed by atoms with Gasteiger partial charge in [-0.15, -0.1) is 0 Å². The molecule has 1 fully saturated rings. The summed E-state index contributed by atoms with van der Waals surface area (Å²) in [4.78, 5) is 2.11. The van der Waals surface area contributed by atoms with E-state index in [9.17, 15) is 12.8 Å². The Morgan fingerprint density at radius 3 is 2.82 bits per heavy atom. The molecular weight excluding hydrogens is 329 g/mol. The minimum atomic E-state index is -2.95. The van der Waals surface area contributed by atoms with Crippen molar-refractivity contribution < 1.29 is 17.5 Å². The van der Waals surface area contributed by atoms with Gasteiger partial charge in [0.1, 0.15) is 5.82 Å². The molecule has 2 rings (SSSR count). The summed E-state index contributed by atoms with van der Waals surface area (Å²) in [5, 5.41) is 0.373. The summed E-state index contributed by atoms with van der Waals surface area (Å²) in [6, 6.07) is 4.31. The second-order valence-corrected chi connectivity index (χ2v) is 8.25. The Labute approximate surface area is 136 Å². The number of benzene rings is 1. The van der Waals surface area contributed by atoms with Gasteiger partial charge in [-0.05, 0) is 30.5 Å². The van der Waals surface area contributed by atoms with Gasteiger partial charge in [0.2, 0.25) is 0 Å². The molecule has 0 aliphatic carbocycles. The summed E-state index contributed by atoms with van der Waals surface area (Å²) in [5.41, 5.74) is 0.810. The van der Waals surface area contributed by atoms with Crippen LogP contribution in [0.1, 0.15) is 18.4 Å². The van der Waals surface area contributed by atoms with E-state index in [1.54, 1.807) is 13.2 Å². The molecule has 0 saturated carbocycles. The first-order chi connectivity index (χ1) is 10.4. The third-order valence-corrected chi connectivity index (χ3v) is 6.01. The number of hydrogen-bond acceptors (Lipinski definition) is 4. The van der Waals surface area contributed by atoms with Gasteiger partial charge in [0.25, 0.3) is 0 Å². The zero-order chi connectivity index (χ0) is 16.2. The Kier molecular flexibility index (Phi) is 6.20. The second-order valence-electron chi connectivity index (χ2n) is 5.61. The van der Waals surface area contributed by atoms with Crippen molar-refractivity contribution in [3.05, 3.63) is 34.6 Å². The predicted molar refractivity (Wildman–Crippen MR) is 85.4 cm³/mol. The van der Waals surface area contributed by atoms with Gasteiger partial charge in [-0.25, -0.2) is 12.8 Å². The van der Waals surface area contributed by atoms with Crippen LogP contribution in [0.3, 0.4) is 0 Å². The molecule has 4 nitrogen and oxygen atoms in total. The Bertz CT molecular complexity index is 609. The van der Waals surface area contributed by atoms with Crippen LogP contribution < -0.4 is 0 Å². The topological polar surface area (TPSA) is 46.6 Å². The summed E-state index contributed by atoms with van der Waals surface area (Å²) in [7, 11) is -1.31. The maximum absolute atomic E-state index is 13.1. The summed E-state index contributed by atoms with van der Waals surface area (Å²) in [6.07, 6.45) is 1.44. The molecule has 0 bridgehead atoms. The van der Waals surface area contributed by atoms with Crippen molar-refractivity contribution in [2.75, 3.05) is 31.8 Å². The molecule has 0 aromatic heterocycles. The van der Waals surface area contributed by atoms with Gasteiger partial charge in [-0.1, -0.05) is 17.7 Å². The van der Waals surface area contributed by atoms with Gasteiger partial charge in [-0.3, -0.25) is 4.90 Å². The van der Waals surface area contributed by atoms with Crippen LogP contribution in [0.5, 0.6) is 0 Å². The highest BCUT2D eigenvalue weighted by atomic mass is 35.5. The quantitative estimate of drug-likeness (QED) is 0.710. The highest BCUT2D eigenvalue weighted by Crippen LogP contribution is 2.24. The monoisotopic (exact) mass is 349 g/mol. The first-order valence-corrected chi connectivity index (χ1v) is 9.48. The van der Waals surface area contributed by atoms with E-state index in [2.05, 4.69) is 4.90 Å². The average Bonchev–Trinajstić information content (AvgIpc) is 2.80. The molecule has 0 amide bonds. The molecular formula is C15H21ClFNO3S. The molecule has 1 saturated heterocycles. The first kappa shape index (κ1) is 17.7. The second kappa shape index (κ2) is 7.73. The molecule has 124 valence electrons. The normalized spacial score (nSPS) is 20.6. The SMILES string of the molecule is COCCCN(Cc1ccc(F)cc1Cl)[C@@H]1CCS(=O)(=O)C1. The van der Waals surface area contributed by atoms with Gasteiger partial charge < -0.3 is 4.74 Å². The van der Waals surface area contributed by atoms with Crippen LogP contribution in [-0.4, -0.2) is 51.1 Å². The fraction of sp³-hybridized carbons (Fsp3) is 0.600. The van der Waals surface area contributed by atoms with Crippen molar-refractivity contribution in [1.82, 2.24) is 4.90 Å². The smallest absolute Gasteiger partial charge is 0.151 e. The molecule has 0 spiro atoms. The molecule has 7 heteroatoms. The fourth-order valence-electron chi connectivity index (χ4n) is 2.73. The number of sulfone groups is 1. The lowest BCUT2D eigenvalue weighted by atomic mass is 10.1. The van der Waals surface area contributed by atoms with Crippen LogP contribution in [0, 0.1) is 5.82 Å². The minimum absolute atomic E-state index is 0.0111. The number of nitrogens with zero attached hydrogens (tertiary/aromatic N) is 1. The number of hydrogen-bond donors (Lipinski definition) is 0. The van der Waals surface area contributed by atoms with E-state index in [-0.39, 0.29) is 23.4 Å². The molecule has 1 aliphatic heterocycles.